The van der Waals surface area contributed by atoms with Gasteiger partial charge in [0.05, 0.1) is 16.2 Å². The Labute approximate surface area is 176 Å². The highest BCUT2D eigenvalue weighted by Gasteiger charge is 2.21. The number of amides is 1. The number of nitrogens with zero attached hydrogens (tertiary/aromatic N) is 2. The van der Waals surface area contributed by atoms with Crippen LogP contribution in [0.5, 0.6) is 0 Å². The summed E-state index contributed by atoms with van der Waals surface area (Å²) < 4.78 is 6.81. The normalized spacial score (nSPS) is 16.1. The van der Waals surface area contributed by atoms with E-state index in [4.69, 9.17) is 9.72 Å². The molecule has 1 aliphatic carbocycles. The van der Waals surface area contributed by atoms with Crippen LogP contribution in [0.15, 0.2) is 34.2 Å². The van der Waals surface area contributed by atoms with Crippen molar-refractivity contribution in [2.45, 2.75) is 62.4 Å². The Balaban J connectivity index is 1.73. The number of carbonyl (C=O) groups is 1. The second-order valence-corrected chi connectivity index (χ2v) is 9.03. The van der Waals surface area contributed by atoms with Gasteiger partial charge < -0.3 is 10.1 Å². The van der Waals surface area contributed by atoms with E-state index in [9.17, 15) is 9.59 Å². The van der Waals surface area contributed by atoms with Crippen molar-refractivity contribution in [3.8, 4) is 0 Å². The van der Waals surface area contributed by atoms with E-state index in [2.05, 4.69) is 5.32 Å². The molecule has 1 amide bonds. The van der Waals surface area contributed by atoms with Crippen molar-refractivity contribution in [3.05, 3.63) is 34.6 Å². The molecule has 3 rings (SSSR count). The third-order valence-electron chi connectivity index (χ3n) is 5.50. The van der Waals surface area contributed by atoms with Gasteiger partial charge in [-0.2, -0.15) is 0 Å². The summed E-state index contributed by atoms with van der Waals surface area (Å²) in [5, 5.41) is 3.97. The zero-order chi connectivity index (χ0) is 20.6. The van der Waals surface area contributed by atoms with Gasteiger partial charge in [-0.25, -0.2) is 4.98 Å². The van der Waals surface area contributed by atoms with Crippen LogP contribution >= 0.6 is 11.8 Å². The molecule has 158 valence electrons. The van der Waals surface area contributed by atoms with Gasteiger partial charge in [0, 0.05) is 26.8 Å². The highest BCUT2D eigenvalue weighted by atomic mass is 32.2. The Kier molecular flexibility index (Phi) is 8.12. The quantitative estimate of drug-likeness (QED) is 0.383. The predicted octanol–water partition coefficient (Wildman–Crippen LogP) is 3.61. The fourth-order valence-corrected chi connectivity index (χ4v) is 4.75. The first-order valence-electron chi connectivity index (χ1n) is 10.5. The average molecular weight is 418 g/mol. The number of aromatic nitrogens is 2. The molecular weight excluding hydrogens is 386 g/mol. The van der Waals surface area contributed by atoms with Gasteiger partial charge in [0.1, 0.15) is 0 Å². The molecule has 1 N–H and O–H groups in total. The van der Waals surface area contributed by atoms with Crippen LogP contribution in [0, 0.1) is 5.92 Å². The first-order chi connectivity index (χ1) is 14.1. The molecule has 1 heterocycles. The number of para-hydroxylation sites is 1. The van der Waals surface area contributed by atoms with Crippen molar-refractivity contribution in [1.29, 1.82) is 0 Å². The van der Waals surface area contributed by atoms with Gasteiger partial charge in [-0.1, -0.05) is 43.2 Å². The molecule has 1 saturated carbocycles. The van der Waals surface area contributed by atoms with Crippen LogP contribution in [-0.4, -0.2) is 41.0 Å². The summed E-state index contributed by atoms with van der Waals surface area (Å²) in [4.78, 5) is 30.3. The number of hydrogen-bond donors (Lipinski definition) is 1. The Hall–Kier alpha value is -1.86. The van der Waals surface area contributed by atoms with E-state index >= 15 is 0 Å². The van der Waals surface area contributed by atoms with Crippen molar-refractivity contribution >= 4 is 28.6 Å². The van der Waals surface area contributed by atoms with Crippen LogP contribution in [0.3, 0.4) is 0 Å². The number of benzene rings is 1. The second kappa shape index (κ2) is 10.8. The molecule has 1 fully saturated rings. The van der Waals surface area contributed by atoms with Crippen molar-refractivity contribution in [1.82, 2.24) is 14.9 Å². The van der Waals surface area contributed by atoms with E-state index in [1.165, 1.54) is 43.9 Å². The van der Waals surface area contributed by atoms with E-state index in [0.29, 0.717) is 41.5 Å². The average Bonchev–Trinajstić information content (AvgIpc) is 2.75. The molecule has 1 aromatic carbocycles. The summed E-state index contributed by atoms with van der Waals surface area (Å²) in [6, 6.07) is 7.36. The lowest BCUT2D eigenvalue weighted by molar-refractivity contribution is -0.120. The van der Waals surface area contributed by atoms with Crippen LogP contribution in [0.4, 0.5) is 0 Å². The number of nitrogens with one attached hydrogen (secondary N) is 1. The molecule has 29 heavy (non-hydrogen) atoms. The number of ether oxygens (including phenoxy) is 1. The molecule has 6 nitrogen and oxygen atoms in total. The molecular formula is C22H31N3O3S. The van der Waals surface area contributed by atoms with Crippen LogP contribution in [0.1, 0.15) is 45.4 Å². The highest BCUT2D eigenvalue weighted by molar-refractivity contribution is 8.00. The molecule has 0 bridgehead atoms. The Bertz CT molecular complexity index is 877. The lowest BCUT2D eigenvalue weighted by Gasteiger charge is -2.22. The van der Waals surface area contributed by atoms with Crippen LogP contribution in [-0.2, 0) is 16.1 Å². The van der Waals surface area contributed by atoms with Gasteiger partial charge in [0.2, 0.25) is 5.91 Å². The van der Waals surface area contributed by atoms with Crippen molar-refractivity contribution in [3.63, 3.8) is 0 Å². The SMILES string of the molecule is COCCCn1c(SC(C)C(=O)NCC2CCCCC2)nc2ccccc2c1=O. The van der Waals surface area contributed by atoms with E-state index in [0.717, 1.165) is 6.54 Å². The molecule has 0 radical (unpaired) electrons. The molecule has 2 aromatic rings. The van der Waals surface area contributed by atoms with Gasteiger partial charge in [-0.15, -0.1) is 0 Å². The van der Waals surface area contributed by atoms with Gasteiger partial charge in [0.25, 0.3) is 5.56 Å². The van der Waals surface area contributed by atoms with Gasteiger partial charge in [-0.05, 0) is 44.2 Å². The Morgan fingerprint density at radius 3 is 2.83 bits per heavy atom. The second-order valence-electron chi connectivity index (χ2n) is 7.72. The Morgan fingerprint density at radius 1 is 1.31 bits per heavy atom. The predicted molar refractivity (Wildman–Crippen MR) is 117 cm³/mol. The van der Waals surface area contributed by atoms with Crippen LogP contribution < -0.4 is 10.9 Å². The minimum atomic E-state index is -0.319. The minimum absolute atomic E-state index is 0.00595. The van der Waals surface area contributed by atoms with Crippen molar-refractivity contribution in [2.75, 3.05) is 20.3 Å². The maximum Gasteiger partial charge on any atom is 0.262 e. The third-order valence-corrected chi connectivity index (χ3v) is 6.59. The minimum Gasteiger partial charge on any atom is -0.385 e. The first-order valence-corrected chi connectivity index (χ1v) is 11.4. The van der Waals surface area contributed by atoms with Gasteiger partial charge in [0.15, 0.2) is 5.16 Å². The number of methoxy groups -OCH3 is 1. The smallest absolute Gasteiger partial charge is 0.262 e. The molecule has 1 unspecified atom stereocenters. The summed E-state index contributed by atoms with van der Waals surface area (Å²) >= 11 is 1.35. The molecule has 0 aliphatic heterocycles. The van der Waals surface area contributed by atoms with Crippen LogP contribution in [0.2, 0.25) is 0 Å². The highest BCUT2D eigenvalue weighted by Crippen LogP contribution is 2.25. The zero-order valence-corrected chi connectivity index (χ0v) is 18.2. The third kappa shape index (κ3) is 5.82. The monoisotopic (exact) mass is 417 g/mol. The van der Waals surface area contributed by atoms with Gasteiger partial charge >= 0.3 is 0 Å². The van der Waals surface area contributed by atoms with E-state index in [-0.39, 0.29) is 16.7 Å². The largest absolute Gasteiger partial charge is 0.385 e. The number of carbonyl (C=O) groups excluding carboxylic acids is 1. The van der Waals surface area contributed by atoms with Crippen molar-refractivity contribution in [2.24, 2.45) is 5.92 Å². The van der Waals surface area contributed by atoms with E-state index in [1.807, 2.05) is 25.1 Å². The first kappa shape index (κ1) is 21.8. The number of fused-ring (bicyclic) bond motifs is 1. The van der Waals surface area contributed by atoms with E-state index < -0.39 is 0 Å². The maximum absolute atomic E-state index is 13.0. The Morgan fingerprint density at radius 2 is 2.07 bits per heavy atom. The molecule has 7 heteroatoms. The summed E-state index contributed by atoms with van der Waals surface area (Å²) in [5.41, 5.74) is 0.599. The standard InChI is InChI=1S/C22H31N3O3S/c1-16(20(26)23-15-17-9-4-3-5-10-17)29-22-24-19-12-7-6-11-18(19)21(27)25(22)13-8-14-28-2/h6-7,11-12,16-17H,3-5,8-10,13-15H2,1-2H3,(H,23,26). The topological polar surface area (TPSA) is 73.2 Å². The van der Waals surface area contributed by atoms with Gasteiger partial charge in [-0.3, -0.25) is 14.2 Å². The molecule has 1 aliphatic rings. The number of rotatable bonds is 9. The lowest BCUT2D eigenvalue weighted by Crippen LogP contribution is -2.36. The van der Waals surface area contributed by atoms with E-state index in [1.54, 1.807) is 17.7 Å². The zero-order valence-electron chi connectivity index (χ0n) is 17.4. The molecule has 1 aromatic heterocycles. The summed E-state index contributed by atoms with van der Waals surface area (Å²) in [6.07, 6.45) is 6.95. The number of thioether (sulfide) groups is 1. The fraction of sp³-hybridized carbons (Fsp3) is 0.591. The lowest BCUT2D eigenvalue weighted by atomic mass is 9.89. The number of hydrogen-bond acceptors (Lipinski definition) is 5. The summed E-state index contributed by atoms with van der Waals surface area (Å²) in [5.74, 6) is 0.599. The molecule has 0 spiro atoms. The molecule has 1 atom stereocenters. The summed E-state index contributed by atoms with van der Waals surface area (Å²) in [6.45, 7) is 3.71. The fourth-order valence-electron chi connectivity index (χ4n) is 3.79. The summed E-state index contributed by atoms with van der Waals surface area (Å²) in [7, 11) is 1.65. The van der Waals surface area contributed by atoms with Crippen LogP contribution in [0.25, 0.3) is 10.9 Å². The maximum atomic E-state index is 13.0. The van der Waals surface area contributed by atoms with Crippen molar-refractivity contribution < 1.29 is 9.53 Å². The molecule has 0 saturated heterocycles.